The van der Waals surface area contributed by atoms with Crippen molar-refractivity contribution >= 4 is 16.5 Å². The van der Waals surface area contributed by atoms with Crippen LogP contribution >= 0.6 is 0 Å². The quantitative estimate of drug-likeness (QED) is 0.367. The van der Waals surface area contributed by atoms with Crippen molar-refractivity contribution in [2.45, 2.75) is 56.5 Å². The summed E-state index contributed by atoms with van der Waals surface area (Å²) in [6, 6.07) is 7.47. The lowest BCUT2D eigenvalue weighted by molar-refractivity contribution is -0.139. The number of nitrogens with zero attached hydrogens (tertiary/aromatic N) is 2. The molecule has 0 amide bonds. The summed E-state index contributed by atoms with van der Waals surface area (Å²) < 4.78 is 92.2. The Bertz CT molecular complexity index is 1220. The summed E-state index contributed by atoms with van der Waals surface area (Å²) in [4.78, 5) is 5.32. The van der Waals surface area contributed by atoms with Crippen LogP contribution in [0.3, 0.4) is 0 Å². The number of hydrogen-bond donors (Lipinski definition) is 0. The number of anilines is 1. The SMILES string of the molecule is COc1ccc(CN2c3c(c(C(F)(F)F)c4cnccc4c3C(F)(F)F)C3CCCCC32)cc1. The number of pyridine rings is 1. The van der Waals surface area contributed by atoms with Crippen molar-refractivity contribution in [1.29, 1.82) is 0 Å². The fourth-order valence-electron chi connectivity index (χ4n) is 5.70. The average Bonchev–Trinajstić information content (AvgIpc) is 3.09. The third-order valence-electron chi connectivity index (χ3n) is 6.99. The molecule has 1 aliphatic carbocycles. The second-order valence-electron chi connectivity index (χ2n) is 8.86. The fourth-order valence-corrected chi connectivity index (χ4v) is 5.70. The van der Waals surface area contributed by atoms with E-state index >= 15 is 0 Å². The minimum atomic E-state index is -4.83. The van der Waals surface area contributed by atoms with Crippen LogP contribution in [0, 0.1) is 0 Å². The van der Waals surface area contributed by atoms with Crippen LogP contribution in [-0.2, 0) is 18.9 Å². The summed E-state index contributed by atoms with van der Waals surface area (Å²) >= 11 is 0. The molecule has 2 aliphatic rings. The first kappa shape index (κ1) is 22.8. The number of aromatic nitrogens is 1. The van der Waals surface area contributed by atoms with E-state index in [4.69, 9.17) is 4.74 Å². The highest BCUT2D eigenvalue weighted by atomic mass is 19.4. The predicted molar refractivity (Wildman–Crippen MR) is 116 cm³/mol. The molecule has 0 radical (unpaired) electrons. The Balaban J connectivity index is 1.82. The van der Waals surface area contributed by atoms with Crippen LogP contribution in [0.25, 0.3) is 10.8 Å². The third-order valence-corrected chi connectivity index (χ3v) is 6.99. The number of ether oxygens (including phenoxy) is 1. The van der Waals surface area contributed by atoms with Gasteiger partial charge in [0.25, 0.3) is 0 Å². The lowest BCUT2D eigenvalue weighted by atomic mass is 9.79. The summed E-state index contributed by atoms with van der Waals surface area (Å²) in [7, 11) is 1.51. The van der Waals surface area contributed by atoms with Crippen molar-refractivity contribution in [3.05, 3.63) is 65.0 Å². The van der Waals surface area contributed by atoms with Crippen LogP contribution in [0.4, 0.5) is 32.0 Å². The van der Waals surface area contributed by atoms with Gasteiger partial charge >= 0.3 is 12.4 Å². The molecule has 0 spiro atoms. The molecular formula is C25H22F6N2O. The maximum Gasteiger partial charge on any atom is 0.419 e. The standard InChI is InChI=1S/C25H22F6N2O/c1-34-15-8-6-14(7-9-15)13-33-19-5-3-2-4-17(19)20-21(24(26,27)28)18-12-32-11-10-16(18)22(23(20)33)25(29,30)31/h6-12,17,19H,2-5,13H2,1H3. The highest BCUT2D eigenvalue weighted by Gasteiger charge is 2.52. The first-order valence-corrected chi connectivity index (χ1v) is 11.1. The van der Waals surface area contributed by atoms with Gasteiger partial charge in [-0.15, -0.1) is 0 Å². The molecule has 180 valence electrons. The van der Waals surface area contributed by atoms with Crippen molar-refractivity contribution in [2.24, 2.45) is 0 Å². The molecule has 5 rings (SSSR count). The molecule has 0 saturated heterocycles. The Morgan fingerprint density at radius 3 is 2.24 bits per heavy atom. The first-order chi connectivity index (χ1) is 16.1. The smallest absolute Gasteiger partial charge is 0.419 e. The molecular weight excluding hydrogens is 458 g/mol. The van der Waals surface area contributed by atoms with Crippen molar-refractivity contribution in [3.63, 3.8) is 0 Å². The minimum absolute atomic E-state index is 0.0785. The average molecular weight is 480 g/mol. The van der Waals surface area contributed by atoms with Gasteiger partial charge < -0.3 is 9.64 Å². The van der Waals surface area contributed by atoms with E-state index in [9.17, 15) is 26.3 Å². The van der Waals surface area contributed by atoms with E-state index in [0.29, 0.717) is 30.6 Å². The summed E-state index contributed by atoms with van der Waals surface area (Å²) in [6.45, 7) is 0.0785. The second-order valence-corrected chi connectivity index (χ2v) is 8.86. The van der Waals surface area contributed by atoms with E-state index in [1.54, 1.807) is 29.2 Å². The normalized spacial score (nSPS) is 20.4. The first-order valence-electron chi connectivity index (χ1n) is 11.1. The molecule has 1 aromatic heterocycles. The lowest BCUT2D eigenvalue weighted by Crippen LogP contribution is -2.36. The number of hydrogen-bond acceptors (Lipinski definition) is 3. The van der Waals surface area contributed by atoms with Crippen molar-refractivity contribution in [1.82, 2.24) is 4.98 Å². The van der Waals surface area contributed by atoms with Crippen LogP contribution in [-0.4, -0.2) is 18.1 Å². The van der Waals surface area contributed by atoms with Gasteiger partial charge in [0.05, 0.1) is 23.9 Å². The van der Waals surface area contributed by atoms with Crippen molar-refractivity contribution in [3.8, 4) is 5.75 Å². The predicted octanol–water partition coefficient (Wildman–Crippen LogP) is 7.33. The number of benzene rings is 2. The van der Waals surface area contributed by atoms with E-state index in [2.05, 4.69) is 4.98 Å². The molecule has 2 heterocycles. The second kappa shape index (κ2) is 8.06. The molecule has 3 nitrogen and oxygen atoms in total. The highest BCUT2D eigenvalue weighted by molar-refractivity contribution is 5.97. The molecule has 2 unspecified atom stereocenters. The van der Waals surface area contributed by atoms with E-state index < -0.39 is 46.2 Å². The van der Waals surface area contributed by atoms with Crippen molar-refractivity contribution in [2.75, 3.05) is 12.0 Å². The van der Waals surface area contributed by atoms with Crippen LogP contribution in [0.5, 0.6) is 5.75 Å². The Labute approximate surface area is 192 Å². The monoisotopic (exact) mass is 480 g/mol. The molecule has 1 aliphatic heterocycles. The minimum Gasteiger partial charge on any atom is -0.497 e. The van der Waals surface area contributed by atoms with Gasteiger partial charge in [0, 0.05) is 36.3 Å². The van der Waals surface area contributed by atoms with E-state index in [1.807, 2.05) is 0 Å². The summed E-state index contributed by atoms with van der Waals surface area (Å²) in [6.07, 6.45) is -5.22. The van der Waals surface area contributed by atoms with E-state index in [0.717, 1.165) is 24.9 Å². The van der Waals surface area contributed by atoms with E-state index in [1.165, 1.54) is 7.11 Å². The molecule has 0 bridgehead atoms. The number of alkyl halides is 6. The molecule has 34 heavy (non-hydrogen) atoms. The molecule has 2 atom stereocenters. The van der Waals surface area contributed by atoms with Gasteiger partial charge in [0.2, 0.25) is 0 Å². The maximum atomic E-state index is 14.5. The summed E-state index contributed by atoms with van der Waals surface area (Å²) in [5.74, 6) is -0.0284. The Morgan fingerprint density at radius 1 is 0.912 bits per heavy atom. The zero-order valence-corrected chi connectivity index (χ0v) is 18.3. The van der Waals surface area contributed by atoms with Gasteiger partial charge in [-0.25, -0.2) is 0 Å². The van der Waals surface area contributed by atoms with Gasteiger partial charge in [-0.1, -0.05) is 25.0 Å². The largest absolute Gasteiger partial charge is 0.497 e. The third kappa shape index (κ3) is 3.65. The fraction of sp³-hybridized carbons (Fsp3) is 0.400. The highest BCUT2D eigenvalue weighted by Crippen LogP contribution is 2.58. The molecule has 3 aromatic rings. The zero-order valence-electron chi connectivity index (χ0n) is 18.3. The molecule has 2 aromatic carbocycles. The number of fused-ring (bicyclic) bond motifs is 4. The Morgan fingerprint density at radius 2 is 1.59 bits per heavy atom. The van der Waals surface area contributed by atoms with Crippen LogP contribution < -0.4 is 9.64 Å². The number of rotatable bonds is 3. The summed E-state index contributed by atoms with van der Waals surface area (Å²) in [5.41, 5.74) is -1.83. The van der Waals surface area contributed by atoms with Crippen LogP contribution in [0.15, 0.2) is 42.7 Å². The van der Waals surface area contributed by atoms with Crippen LogP contribution in [0.1, 0.15) is 53.9 Å². The molecule has 1 saturated carbocycles. The van der Waals surface area contributed by atoms with Crippen molar-refractivity contribution < 1.29 is 31.1 Å². The number of methoxy groups -OCH3 is 1. The van der Waals surface area contributed by atoms with Gasteiger partial charge in [-0.3, -0.25) is 4.98 Å². The van der Waals surface area contributed by atoms with Gasteiger partial charge in [-0.05, 0) is 47.6 Å². The number of halogens is 6. The topological polar surface area (TPSA) is 25.4 Å². The Kier molecular flexibility index (Phi) is 5.41. The molecule has 9 heteroatoms. The zero-order chi connectivity index (χ0) is 24.3. The summed E-state index contributed by atoms with van der Waals surface area (Å²) in [5, 5.41) is -0.955. The van der Waals surface area contributed by atoms with Gasteiger partial charge in [-0.2, -0.15) is 26.3 Å². The van der Waals surface area contributed by atoms with Gasteiger partial charge in [0.15, 0.2) is 0 Å². The molecule has 1 fully saturated rings. The van der Waals surface area contributed by atoms with Gasteiger partial charge in [0.1, 0.15) is 5.75 Å². The Hall–Kier alpha value is -2.97. The van der Waals surface area contributed by atoms with Crippen LogP contribution in [0.2, 0.25) is 0 Å². The maximum absolute atomic E-state index is 14.5. The lowest BCUT2D eigenvalue weighted by Gasteiger charge is -2.34. The molecule has 0 N–H and O–H groups in total. The van der Waals surface area contributed by atoms with E-state index in [-0.39, 0.29) is 17.8 Å².